The zero-order valence-corrected chi connectivity index (χ0v) is 11.9. The third-order valence-corrected chi connectivity index (χ3v) is 3.81. The number of aliphatic carboxylic acids is 1. The molecule has 114 valence electrons. The Morgan fingerprint density at radius 2 is 1.75 bits per heavy atom. The fourth-order valence-electron chi connectivity index (χ4n) is 2.74. The van der Waals surface area contributed by atoms with Gasteiger partial charge in [-0.15, -0.1) is 0 Å². The normalized spacial score (nSPS) is 29.8. The number of hydrogen-bond acceptors (Lipinski definition) is 4. The number of morpholine rings is 1. The summed E-state index contributed by atoms with van der Waals surface area (Å²) >= 11 is 0. The van der Waals surface area contributed by atoms with E-state index in [0.29, 0.717) is 39.1 Å². The van der Waals surface area contributed by atoms with Crippen LogP contribution in [0, 0.1) is 0 Å². The molecule has 0 spiro atoms. The first-order chi connectivity index (χ1) is 9.43. The Labute approximate surface area is 118 Å². The summed E-state index contributed by atoms with van der Waals surface area (Å²) in [5, 5.41) is 12.1. The zero-order valence-electron chi connectivity index (χ0n) is 11.9. The highest BCUT2D eigenvalue weighted by Crippen LogP contribution is 2.22. The van der Waals surface area contributed by atoms with Crippen molar-refractivity contribution < 1.29 is 24.2 Å². The summed E-state index contributed by atoms with van der Waals surface area (Å²) < 4.78 is 10.8. The summed E-state index contributed by atoms with van der Waals surface area (Å²) in [5.74, 6) is -0.997. The maximum atomic E-state index is 12.3. The number of carboxylic acids is 1. The van der Waals surface area contributed by atoms with Crippen LogP contribution in [0.25, 0.3) is 0 Å². The van der Waals surface area contributed by atoms with E-state index in [2.05, 4.69) is 5.32 Å². The van der Waals surface area contributed by atoms with Crippen LogP contribution in [0.4, 0.5) is 4.79 Å². The summed E-state index contributed by atoms with van der Waals surface area (Å²) in [4.78, 5) is 25.5. The van der Waals surface area contributed by atoms with Crippen molar-refractivity contribution in [1.82, 2.24) is 10.2 Å². The minimum absolute atomic E-state index is 0.0417. The van der Waals surface area contributed by atoms with Crippen LogP contribution in [-0.4, -0.2) is 66.1 Å². The van der Waals surface area contributed by atoms with Gasteiger partial charge in [0.2, 0.25) is 0 Å². The van der Waals surface area contributed by atoms with Crippen molar-refractivity contribution in [3.05, 3.63) is 0 Å². The monoisotopic (exact) mass is 286 g/mol. The molecular weight excluding hydrogens is 264 g/mol. The molecule has 7 nitrogen and oxygen atoms in total. The van der Waals surface area contributed by atoms with E-state index in [0.717, 1.165) is 0 Å². The number of nitrogens with zero attached hydrogens (tertiary/aromatic N) is 1. The molecule has 7 heteroatoms. The lowest BCUT2D eigenvalue weighted by atomic mass is 9.90. The number of amides is 2. The SMILES string of the molecule is C[C@@H]1CN(C(=O)NC2(C(=O)O)CCOCC2)C[C@H](C)O1. The van der Waals surface area contributed by atoms with Gasteiger partial charge in [0.1, 0.15) is 5.54 Å². The number of urea groups is 1. The molecule has 0 bridgehead atoms. The molecule has 2 N–H and O–H groups in total. The number of carboxylic acid groups (broad SMARTS) is 1. The van der Waals surface area contributed by atoms with Crippen molar-refractivity contribution in [3.8, 4) is 0 Å². The Kier molecular flexibility index (Phi) is 4.49. The van der Waals surface area contributed by atoms with Crippen LogP contribution >= 0.6 is 0 Å². The molecule has 0 radical (unpaired) electrons. The molecule has 0 aromatic heterocycles. The van der Waals surface area contributed by atoms with Gasteiger partial charge in [-0.3, -0.25) is 0 Å². The molecule has 0 saturated carbocycles. The molecule has 2 atom stereocenters. The summed E-state index contributed by atoms with van der Waals surface area (Å²) in [6, 6.07) is -0.337. The Balaban J connectivity index is 2.03. The molecule has 2 saturated heterocycles. The van der Waals surface area contributed by atoms with E-state index >= 15 is 0 Å². The maximum Gasteiger partial charge on any atom is 0.329 e. The van der Waals surface area contributed by atoms with Crippen LogP contribution in [0.3, 0.4) is 0 Å². The third kappa shape index (κ3) is 3.21. The average molecular weight is 286 g/mol. The second-order valence-corrected chi connectivity index (χ2v) is 5.59. The van der Waals surface area contributed by atoms with E-state index in [4.69, 9.17) is 9.47 Å². The van der Waals surface area contributed by atoms with Crippen molar-refractivity contribution in [2.24, 2.45) is 0 Å². The molecule has 2 aliphatic heterocycles. The second kappa shape index (κ2) is 5.97. The van der Waals surface area contributed by atoms with E-state index in [1.165, 1.54) is 0 Å². The van der Waals surface area contributed by atoms with E-state index in [9.17, 15) is 14.7 Å². The molecular formula is C13H22N2O5. The predicted molar refractivity (Wildman–Crippen MR) is 70.5 cm³/mol. The molecule has 20 heavy (non-hydrogen) atoms. The molecule has 2 heterocycles. The summed E-state index contributed by atoms with van der Waals surface area (Å²) in [5.41, 5.74) is -1.21. The van der Waals surface area contributed by atoms with Gasteiger partial charge in [0, 0.05) is 39.1 Å². The lowest BCUT2D eigenvalue weighted by molar-refractivity contribution is -0.148. The van der Waals surface area contributed by atoms with Gasteiger partial charge in [0.25, 0.3) is 0 Å². The molecule has 2 aliphatic rings. The Morgan fingerprint density at radius 3 is 2.25 bits per heavy atom. The number of carbonyl (C=O) groups is 2. The minimum Gasteiger partial charge on any atom is -0.480 e. The first-order valence-corrected chi connectivity index (χ1v) is 6.96. The molecule has 2 fully saturated rings. The van der Waals surface area contributed by atoms with Crippen LogP contribution in [0.2, 0.25) is 0 Å². The standard InChI is InChI=1S/C13H22N2O5/c1-9-7-15(8-10(2)20-9)12(18)14-13(11(16)17)3-5-19-6-4-13/h9-10H,3-8H2,1-2H3,(H,14,18)(H,16,17)/t9-,10+. The molecule has 0 aromatic carbocycles. The van der Waals surface area contributed by atoms with Gasteiger partial charge in [0.15, 0.2) is 0 Å². The number of rotatable bonds is 2. The van der Waals surface area contributed by atoms with Gasteiger partial charge in [-0.2, -0.15) is 0 Å². The lowest BCUT2D eigenvalue weighted by Gasteiger charge is -2.39. The topological polar surface area (TPSA) is 88.1 Å². The van der Waals surface area contributed by atoms with Crippen LogP contribution in [-0.2, 0) is 14.3 Å². The number of hydrogen-bond donors (Lipinski definition) is 2. The third-order valence-electron chi connectivity index (χ3n) is 3.81. The molecule has 0 aromatic rings. The lowest BCUT2D eigenvalue weighted by Crippen LogP contribution is -2.62. The van der Waals surface area contributed by atoms with E-state index in [-0.39, 0.29) is 18.2 Å². The van der Waals surface area contributed by atoms with E-state index in [1.807, 2.05) is 13.8 Å². The van der Waals surface area contributed by atoms with Gasteiger partial charge < -0.3 is 24.8 Å². The summed E-state index contributed by atoms with van der Waals surface area (Å²) in [6.07, 6.45) is 0.507. The zero-order chi connectivity index (χ0) is 14.8. The van der Waals surface area contributed by atoms with Crippen molar-refractivity contribution in [1.29, 1.82) is 0 Å². The van der Waals surface area contributed by atoms with Crippen molar-refractivity contribution in [2.75, 3.05) is 26.3 Å². The molecule has 2 amide bonds. The fourth-order valence-corrected chi connectivity index (χ4v) is 2.74. The Morgan fingerprint density at radius 1 is 1.20 bits per heavy atom. The van der Waals surface area contributed by atoms with Crippen molar-refractivity contribution in [2.45, 2.75) is 44.4 Å². The van der Waals surface area contributed by atoms with Gasteiger partial charge in [0.05, 0.1) is 12.2 Å². The predicted octanol–water partition coefficient (Wildman–Crippen LogP) is 0.439. The Hall–Kier alpha value is -1.34. The smallest absolute Gasteiger partial charge is 0.329 e. The first kappa shape index (κ1) is 15.1. The highest BCUT2D eigenvalue weighted by atomic mass is 16.5. The van der Waals surface area contributed by atoms with E-state index < -0.39 is 11.5 Å². The van der Waals surface area contributed by atoms with Crippen LogP contribution in [0.1, 0.15) is 26.7 Å². The van der Waals surface area contributed by atoms with Gasteiger partial charge >= 0.3 is 12.0 Å². The van der Waals surface area contributed by atoms with Crippen LogP contribution in [0.5, 0.6) is 0 Å². The summed E-state index contributed by atoms with van der Waals surface area (Å²) in [7, 11) is 0. The molecule has 0 unspecified atom stereocenters. The van der Waals surface area contributed by atoms with E-state index in [1.54, 1.807) is 4.90 Å². The van der Waals surface area contributed by atoms with Crippen LogP contribution < -0.4 is 5.32 Å². The molecule has 0 aliphatic carbocycles. The number of carbonyl (C=O) groups excluding carboxylic acids is 1. The Bertz CT molecular complexity index is 371. The maximum absolute atomic E-state index is 12.3. The van der Waals surface area contributed by atoms with Crippen LogP contribution in [0.15, 0.2) is 0 Å². The quantitative estimate of drug-likeness (QED) is 0.769. The van der Waals surface area contributed by atoms with Crippen molar-refractivity contribution >= 4 is 12.0 Å². The van der Waals surface area contributed by atoms with Gasteiger partial charge in [-0.1, -0.05) is 0 Å². The fraction of sp³-hybridized carbons (Fsp3) is 0.846. The summed E-state index contributed by atoms with van der Waals surface area (Å²) in [6.45, 7) is 5.45. The largest absolute Gasteiger partial charge is 0.480 e. The average Bonchev–Trinajstić information content (AvgIpc) is 2.38. The first-order valence-electron chi connectivity index (χ1n) is 6.96. The second-order valence-electron chi connectivity index (χ2n) is 5.59. The highest BCUT2D eigenvalue weighted by molar-refractivity contribution is 5.86. The number of nitrogens with one attached hydrogen (secondary N) is 1. The minimum atomic E-state index is -1.21. The van der Waals surface area contributed by atoms with Crippen molar-refractivity contribution in [3.63, 3.8) is 0 Å². The number of ether oxygens (including phenoxy) is 2. The van der Waals surface area contributed by atoms with Gasteiger partial charge in [-0.25, -0.2) is 9.59 Å². The molecule has 2 rings (SSSR count). The van der Waals surface area contributed by atoms with Gasteiger partial charge in [-0.05, 0) is 13.8 Å². The highest BCUT2D eigenvalue weighted by Gasteiger charge is 2.43.